The Labute approximate surface area is 186 Å². The van der Waals surface area contributed by atoms with E-state index < -0.39 is 5.82 Å². The van der Waals surface area contributed by atoms with Crippen molar-refractivity contribution >= 4 is 23.4 Å². The molecule has 10 heteroatoms. The molecule has 0 saturated carbocycles. The van der Waals surface area contributed by atoms with Crippen molar-refractivity contribution in [3.8, 4) is 17.1 Å². The second kappa shape index (κ2) is 9.76. The average molecular weight is 458 g/mol. The van der Waals surface area contributed by atoms with E-state index >= 15 is 0 Å². The lowest BCUT2D eigenvalue weighted by molar-refractivity contribution is 0.275. The zero-order chi connectivity index (χ0) is 21.6. The van der Waals surface area contributed by atoms with Crippen molar-refractivity contribution in [2.45, 2.75) is 24.1 Å². The fraction of sp³-hybridized carbons (Fsp3) is 0.143. The van der Waals surface area contributed by atoms with Gasteiger partial charge < -0.3 is 9.26 Å². The number of nitrogens with zero attached hydrogens (tertiary/aromatic N) is 5. The van der Waals surface area contributed by atoms with Crippen LogP contribution in [0.25, 0.3) is 11.4 Å². The maximum Gasteiger partial charge on any atom is 0.237 e. The zero-order valence-electron chi connectivity index (χ0n) is 16.2. The summed E-state index contributed by atoms with van der Waals surface area (Å²) in [5.41, 5.74) is 0.812. The van der Waals surface area contributed by atoms with E-state index in [1.165, 1.54) is 17.8 Å². The first-order valence-electron chi connectivity index (χ1n) is 9.25. The summed E-state index contributed by atoms with van der Waals surface area (Å²) < 4.78 is 26.5. The van der Waals surface area contributed by atoms with Gasteiger partial charge in [0, 0.05) is 17.1 Å². The molecule has 2 aromatic heterocycles. The number of rotatable bonds is 9. The van der Waals surface area contributed by atoms with E-state index in [9.17, 15) is 4.39 Å². The van der Waals surface area contributed by atoms with E-state index in [4.69, 9.17) is 20.9 Å². The van der Waals surface area contributed by atoms with Crippen molar-refractivity contribution in [3.63, 3.8) is 0 Å². The molecule has 7 nitrogen and oxygen atoms in total. The summed E-state index contributed by atoms with van der Waals surface area (Å²) in [6.45, 7) is 4.33. The smallest absolute Gasteiger partial charge is 0.237 e. The first-order valence-corrected chi connectivity index (χ1v) is 10.6. The predicted octanol–water partition coefficient (Wildman–Crippen LogP) is 5.18. The summed E-state index contributed by atoms with van der Waals surface area (Å²) in [5, 5.41) is 13.7. The Morgan fingerprint density at radius 2 is 1.97 bits per heavy atom. The number of allylic oxidation sites excluding steroid dienone is 1. The summed E-state index contributed by atoms with van der Waals surface area (Å²) in [7, 11) is 0. The Hall–Kier alpha value is -3.17. The van der Waals surface area contributed by atoms with Gasteiger partial charge in [-0.15, -0.1) is 16.8 Å². The van der Waals surface area contributed by atoms with Gasteiger partial charge in [-0.05, 0) is 36.4 Å². The second-order valence-corrected chi connectivity index (χ2v) is 7.70. The van der Waals surface area contributed by atoms with E-state index in [2.05, 4.69) is 26.9 Å². The Balaban J connectivity index is 1.43. The lowest BCUT2D eigenvalue weighted by Crippen LogP contribution is -2.08. The molecule has 2 heterocycles. The van der Waals surface area contributed by atoms with Crippen LogP contribution in [0.4, 0.5) is 4.39 Å². The lowest BCUT2D eigenvalue weighted by atomic mass is 10.2. The summed E-state index contributed by atoms with van der Waals surface area (Å²) >= 11 is 7.30. The highest BCUT2D eigenvalue weighted by atomic mass is 35.5. The number of hydrogen-bond donors (Lipinski definition) is 0. The van der Waals surface area contributed by atoms with Crippen LogP contribution in [0.1, 0.15) is 11.7 Å². The molecule has 4 rings (SSSR count). The molecule has 0 bridgehead atoms. The van der Waals surface area contributed by atoms with Crippen LogP contribution in [0, 0.1) is 5.82 Å². The summed E-state index contributed by atoms with van der Waals surface area (Å²) in [6.07, 6.45) is 1.73. The zero-order valence-corrected chi connectivity index (χ0v) is 17.8. The number of thioether (sulfide) groups is 1. The molecule has 4 aromatic rings. The molecule has 0 unspecified atom stereocenters. The van der Waals surface area contributed by atoms with Gasteiger partial charge in [0.2, 0.25) is 11.7 Å². The van der Waals surface area contributed by atoms with Gasteiger partial charge >= 0.3 is 0 Å². The highest BCUT2D eigenvalue weighted by Crippen LogP contribution is 2.25. The van der Waals surface area contributed by atoms with Crippen LogP contribution >= 0.6 is 23.4 Å². The number of hydrogen-bond acceptors (Lipinski definition) is 7. The quantitative estimate of drug-likeness (QED) is 0.253. The van der Waals surface area contributed by atoms with Crippen LogP contribution < -0.4 is 4.74 Å². The maximum absolute atomic E-state index is 13.8. The SMILES string of the molecule is C=CCn1c(COc2ccccc2F)nnc1SCc1nc(-c2ccc(Cl)cc2)no1. The third-order valence-corrected chi connectivity index (χ3v) is 5.40. The van der Waals surface area contributed by atoms with E-state index in [0.717, 1.165) is 5.56 Å². The third-order valence-electron chi connectivity index (χ3n) is 4.19. The standard InChI is InChI=1S/C21H17ClFN5O2S/c1-2-11-28-18(12-29-17-6-4-3-5-16(17)23)25-26-21(28)31-13-19-24-20(27-30-19)14-7-9-15(22)10-8-14/h2-10H,1,11-13H2. The molecule has 0 aliphatic carbocycles. The second-order valence-electron chi connectivity index (χ2n) is 6.32. The van der Waals surface area contributed by atoms with Crippen LogP contribution in [0.5, 0.6) is 5.75 Å². The van der Waals surface area contributed by atoms with Crippen LogP contribution in [-0.2, 0) is 18.9 Å². The molecule has 0 atom stereocenters. The molecular formula is C21H17ClFN5O2S. The Morgan fingerprint density at radius 1 is 1.16 bits per heavy atom. The summed E-state index contributed by atoms with van der Waals surface area (Å²) in [4.78, 5) is 4.41. The molecule has 31 heavy (non-hydrogen) atoms. The number of ether oxygens (including phenoxy) is 1. The Morgan fingerprint density at radius 3 is 2.74 bits per heavy atom. The van der Waals surface area contributed by atoms with Crippen LogP contribution in [0.3, 0.4) is 0 Å². The Kier molecular flexibility index (Phi) is 6.63. The van der Waals surface area contributed by atoms with E-state index in [1.807, 2.05) is 16.7 Å². The molecular weight excluding hydrogens is 441 g/mol. The molecule has 0 fully saturated rings. The number of aromatic nitrogens is 5. The largest absolute Gasteiger partial charge is 0.483 e. The number of benzene rings is 2. The van der Waals surface area contributed by atoms with Gasteiger partial charge in [0.1, 0.15) is 6.61 Å². The summed E-state index contributed by atoms with van der Waals surface area (Å²) in [6, 6.07) is 13.4. The fourth-order valence-corrected chi connectivity index (χ4v) is 3.64. The van der Waals surface area contributed by atoms with E-state index in [-0.39, 0.29) is 12.4 Å². The Bertz CT molecular complexity index is 1180. The minimum absolute atomic E-state index is 0.0730. The minimum Gasteiger partial charge on any atom is -0.483 e. The molecule has 0 aliphatic rings. The lowest BCUT2D eigenvalue weighted by Gasteiger charge is -2.09. The van der Waals surface area contributed by atoms with Gasteiger partial charge in [0.15, 0.2) is 22.5 Å². The van der Waals surface area contributed by atoms with Crippen LogP contribution in [-0.4, -0.2) is 24.9 Å². The van der Waals surface area contributed by atoms with Gasteiger partial charge in [0.05, 0.1) is 5.75 Å². The van der Waals surface area contributed by atoms with Crippen LogP contribution in [0.2, 0.25) is 5.02 Å². The van der Waals surface area contributed by atoms with Crippen molar-refractivity contribution in [3.05, 3.63) is 83.7 Å². The molecule has 0 aliphatic heterocycles. The highest BCUT2D eigenvalue weighted by Gasteiger charge is 2.16. The van der Waals surface area contributed by atoms with Crippen LogP contribution in [0.15, 0.2) is 70.9 Å². The summed E-state index contributed by atoms with van der Waals surface area (Å²) in [5.74, 6) is 1.62. The first-order chi connectivity index (χ1) is 15.1. The van der Waals surface area contributed by atoms with Crippen molar-refractivity contribution in [1.82, 2.24) is 24.9 Å². The molecule has 0 saturated heterocycles. The third kappa shape index (κ3) is 5.12. The van der Waals surface area contributed by atoms with Gasteiger partial charge in [-0.25, -0.2) is 4.39 Å². The molecule has 158 valence electrons. The van der Waals surface area contributed by atoms with Gasteiger partial charge in [-0.1, -0.05) is 46.7 Å². The molecule has 0 N–H and O–H groups in total. The maximum atomic E-state index is 13.8. The van der Waals surface area contributed by atoms with Crippen molar-refractivity contribution in [2.75, 3.05) is 0 Å². The van der Waals surface area contributed by atoms with E-state index in [0.29, 0.717) is 40.0 Å². The van der Waals surface area contributed by atoms with Crippen molar-refractivity contribution in [1.29, 1.82) is 0 Å². The first kappa shape index (κ1) is 21.1. The van der Waals surface area contributed by atoms with Gasteiger partial charge in [-0.3, -0.25) is 4.57 Å². The predicted molar refractivity (Wildman–Crippen MR) is 115 cm³/mol. The molecule has 0 spiro atoms. The molecule has 0 radical (unpaired) electrons. The van der Waals surface area contributed by atoms with E-state index in [1.54, 1.807) is 36.4 Å². The average Bonchev–Trinajstić information content (AvgIpc) is 3.40. The molecule has 0 amide bonds. The number of para-hydroxylation sites is 1. The minimum atomic E-state index is -0.431. The van der Waals surface area contributed by atoms with Gasteiger partial charge in [0.25, 0.3) is 0 Å². The highest BCUT2D eigenvalue weighted by molar-refractivity contribution is 7.98. The van der Waals surface area contributed by atoms with Crippen molar-refractivity contribution < 1.29 is 13.7 Å². The fourth-order valence-electron chi connectivity index (χ4n) is 2.71. The van der Waals surface area contributed by atoms with Gasteiger partial charge in [-0.2, -0.15) is 4.98 Å². The monoisotopic (exact) mass is 457 g/mol. The number of halogens is 2. The topological polar surface area (TPSA) is 78.9 Å². The molecule has 2 aromatic carbocycles. The normalized spacial score (nSPS) is 10.9. The van der Waals surface area contributed by atoms with Crippen molar-refractivity contribution in [2.24, 2.45) is 0 Å².